The Balaban J connectivity index is 1.89. The molecule has 1 aromatic carbocycles. The largest absolute Gasteiger partial charge is 0.336 e. The topological polar surface area (TPSA) is 48.3 Å². The molecule has 2 aromatic rings. The summed E-state index contributed by atoms with van der Waals surface area (Å²) >= 11 is 0. The lowest BCUT2D eigenvalue weighted by atomic mass is 10.1. The first-order chi connectivity index (χ1) is 12.1. The van der Waals surface area contributed by atoms with E-state index in [1.54, 1.807) is 31.3 Å². The first-order valence-corrected chi connectivity index (χ1v) is 9.10. The number of allylic oxidation sites excluding steroid dienone is 2. The Hall–Kier alpha value is -2.36. The smallest absolute Gasteiger partial charge is 0.333 e. The fraction of sp³-hybridized carbons (Fsp3) is 0.429. The molecule has 0 atom stereocenters. The zero-order valence-corrected chi connectivity index (χ0v) is 15.2. The molecule has 1 heterocycles. The van der Waals surface area contributed by atoms with Gasteiger partial charge in [0.15, 0.2) is 5.43 Å². The second kappa shape index (κ2) is 9.82. The molecule has 0 fully saturated rings. The molecular formula is C21H27NO3. The zero-order chi connectivity index (χ0) is 18.1. The van der Waals surface area contributed by atoms with Gasteiger partial charge in [0.05, 0.1) is 18.1 Å². The lowest BCUT2D eigenvalue weighted by Crippen LogP contribution is -2.23. The second-order valence-electron chi connectivity index (χ2n) is 6.31. The van der Waals surface area contributed by atoms with Crippen molar-refractivity contribution in [2.45, 2.75) is 58.8 Å². The number of aromatic nitrogens is 1. The number of para-hydroxylation sites is 1. The van der Waals surface area contributed by atoms with E-state index in [4.69, 9.17) is 4.84 Å². The number of carbonyl (C=O) groups excluding carboxylic acids is 1. The van der Waals surface area contributed by atoms with Gasteiger partial charge in [-0.05, 0) is 38.3 Å². The summed E-state index contributed by atoms with van der Waals surface area (Å²) in [6.07, 6.45) is 12.8. The molecule has 25 heavy (non-hydrogen) atoms. The number of nitrogens with zero attached hydrogens (tertiary/aromatic N) is 1. The molecule has 0 N–H and O–H groups in total. The van der Waals surface area contributed by atoms with Gasteiger partial charge in [-0.15, -0.1) is 0 Å². The fourth-order valence-corrected chi connectivity index (χ4v) is 2.73. The van der Waals surface area contributed by atoms with Gasteiger partial charge in [0.25, 0.3) is 0 Å². The van der Waals surface area contributed by atoms with E-state index in [9.17, 15) is 9.59 Å². The van der Waals surface area contributed by atoms with Gasteiger partial charge in [-0.1, -0.05) is 50.5 Å². The molecule has 2 rings (SSSR count). The van der Waals surface area contributed by atoms with E-state index in [0.29, 0.717) is 29.3 Å². The minimum atomic E-state index is -0.302. The first-order valence-electron chi connectivity index (χ1n) is 9.10. The van der Waals surface area contributed by atoms with E-state index in [2.05, 4.69) is 13.0 Å². The molecule has 0 aliphatic carbocycles. The van der Waals surface area contributed by atoms with Crippen molar-refractivity contribution in [1.29, 1.82) is 0 Å². The molecule has 0 aliphatic heterocycles. The molecule has 0 unspecified atom stereocenters. The molecule has 0 spiro atoms. The number of benzene rings is 1. The monoisotopic (exact) mass is 341 g/mol. The highest BCUT2D eigenvalue weighted by Gasteiger charge is 2.09. The van der Waals surface area contributed by atoms with Crippen molar-refractivity contribution in [3.63, 3.8) is 0 Å². The average Bonchev–Trinajstić information content (AvgIpc) is 2.62. The molecule has 0 bridgehead atoms. The van der Waals surface area contributed by atoms with Crippen molar-refractivity contribution in [1.82, 2.24) is 4.73 Å². The third-order valence-corrected chi connectivity index (χ3v) is 4.16. The number of carbonyl (C=O) groups is 1. The van der Waals surface area contributed by atoms with Crippen LogP contribution < -0.4 is 10.3 Å². The van der Waals surface area contributed by atoms with Gasteiger partial charge < -0.3 is 4.84 Å². The maximum absolute atomic E-state index is 12.1. The van der Waals surface area contributed by atoms with Gasteiger partial charge in [-0.2, -0.15) is 4.73 Å². The Kier molecular flexibility index (Phi) is 7.45. The van der Waals surface area contributed by atoms with E-state index in [-0.39, 0.29) is 11.4 Å². The van der Waals surface area contributed by atoms with Crippen LogP contribution >= 0.6 is 0 Å². The Morgan fingerprint density at radius 3 is 2.68 bits per heavy atom. The van der Waals surface area contributed by atoms with E-state index < -0.39 is 0 Å². The number of unbranched alkanes of at least 4 members (excludes halogenated alkanes) is 4. The van der Waals surface area contributed by atoms with Crippen LogP contribution in [0.15, 0.2) is 47.4 Å². The molecule has 0 amide bonds. The second-order valence-corrected chi connectivity index (χ2v) is 6.31. The van der Waals surface area contributed by atoms with Crippen molar-refractivity contribution < 1.29 is 9.63 Å². The maximum Gasteiger partial charge on any atom is 0.333 e. The van der Waals surface area contributed by atoms with E-state index in [0.717, 1.165) is 6.42 Å². The van der Waals surface area contributed by atoms with Crippen LogP contribution in [0.2, 0.25) is 0 Å². The number of aryl methyl sites for hydroxylation is 1. The molecular weight excluding hydrogens is 314 g/mol. The maximum atomic E-state index is 12.1. The standard InChI is InChI=1S/C21H27NO3/c1-3-4-5-6-7-8-9-10-15-20(23)25-22-16-17(2)21(24)18-13-11-12-14-19(18)22/h8-9,11-14,16H,3-7,10,15H2,1-2H3/b9-8+. The van der Waals surface area contributed by atoms with Crippen LogP contribution in [-0.4, -0.2) is 10.7 Å². The number of hydrogen-bond acceptors (Lipinski definition) is 3. The summed E-state index contributed by atoms with van der Waals surface area (Å²) in [7, 11) is 0. The number of hydrogen-bond donors (Lipinski definition) is 0. The molecule has 134 valence electrons. The number of fused-ring (bicyclic) bond motifs is 1. The molecule has 4 nitrogen and oxygen atoms in total. The third kappa shape index (κ3) is 5.59. The molecule has 0 aliphatic rings. The summed E-state index contributed by atoms with van der Waals surface area (Å²) in [5.41, 5.74) is 1.13. The lowest BCUT2D eigenvalue weighted by molar-refractivity contribution is -0.143. The normalized spacial score (nSPS) is 11.3. The average molecular weight is 341 g/mol. The summed E-state index contributed by atoms with van der Waals surface area (Å²) in [6.45, 7) is 3.93. The molecule has 4 heteroatoms. The Morgan fingerprint density at radius 1 is 1.12 bits per heavy atom. The van der Waals surface area contributed by atoms with Crippen LogP contribution in [0.5, 0.6) is 0 Å². The lowest BCUT2D eigenvalue weighted by Gasteiger charge is -2.11. The highest BCUT2D eigenvalue weighted by atomic mass is 16.7. The zero-order valence-electron chi connectivity index (χ0n) is 15.2. The van der Waals surface area contributed by atoms with E-state index in [1.165, 1.54) is 30.4 Å². The fourth-order valence-electron chi connectivity index (χ4n) is 2.73. The highest BCUT2D eigenvalue weighted by Crippen LogP contribution is 2.10. The predicted octanol–water partition coefficient (Wildman–Crippen LogP) is 4.57. The van der Waals surface area contributed by atoms with Crippen LogP contribution in [0.3, 0.4) is 0 Å². The van der Waals surface area contributed by atoms with Crippen LogP contribution in [-0.2, 0) is 4.79 Å². The SMILES string of the molecule is CCCCCC/C=C/CCC(=O)On1cc(C)c(=O)c2ccccc21. The summed E-state index contributed by atoms with van der Waals surface area (Å²) in [5.74, 6) is -0.302. The van der Waals surface area contributed by atoms with Crippen LogP contribution in [0.1, 0.15) is 57.4 Å². The van der Waals surface area contributed by atoms with E-state index in [1.807, 2.05) is 12.1 Å². The van der Waals surface area contributed by atoms with Crippen LogP contribution in [0.4, 0.5) is 0 Å². The van der Waals surface area contributed by atoms with Crippen molar-refractivity contribution in [2.24, 2.45) is 0 Å². The Labute approximate surface area is 149 Å². The van der Waals surface area contributed by atoms with Gasteiger partial charge in [0, 0.05) is 10.9 Å². The van der Waals surface area contributed by atoms with Crippen LogP contribution in [0.25, 0.3) is 10.9 Å². The van der Waals surface area contributed by atoms with Crippen molar-refractivity contribution in [3.05, 3.63) is 58.4 Å². The van der Waals surface area contributed by atoms with Gasteiger partial charge >= 0.3 is 5.97 Å². The van der Waals surface area contributed by atoms with Gasteiger partial charge in [0.1, 0.15) is 0 Å². The van der Waals surface area contributed by atoms with Crippen molar-refractivity contribution in [3.8, 4) is 0 Å². The number of rotatable bonds is 9. The summed E-state index contributed by atoms with van der Waals surface area (Å²) < 4.78 is 1.41. The minimum Gasteiger partial charge on any atom is -0.336 e. The molecule has 0 saturated heterocycles. The van der Waals surface area contributed by atoms with Crippen molar-refractivity contribution >= 4 is 16.9 Å². The Morgan fingerprint density at radius 2 is 1.88 bits per heavy atom. The summed E-state index contributed by atoms with van der Waals surface area (Å²) in [5, 5.41) is 0.558. The summed E-state index contributed by atoms with van der Waals surface area (Å²) in [6, 6.07) is 7.15. The Bertz CT molecular complexity index is 789. The number of pyridine rings is 1. The minimum absolute atomic E-state index is 0.0334. The molecule has 0 saturated carbocycles. The summed E-state index contributed by atoms with van der Waals surface area (Å²) in [4.78, 5) is 29.6. The van der Waals surface area contributed by atoms with Gasteiger partial charge in [-0.3, -0.25) is 4.79 Å². The predicted molar refractivity (Wildman–Crippen MR) is 102 cm³/mol. The molecule has 1 aromatic heterocycles. The van der Waals surface area contributed by atoms with Gasteiger partial charge in [0.2, 0.25) is 0 Å². The quantitative estimate of drug-likeness (QED) is 0.496. The van der Waals surface area contributed by atoms with Gasteiger partial charge in [-0.25, -0.2) is 4.79 Å². The third-order valence-electron chi connectivity index (χ3n) is 4.16. The van der Waals surface area contributed by atoms with Crippen LogP contribution in [0, 0.1) is 6.92 Å². The van der Waals surface area contributed by atoms with E-state index >= 15 is 0 Å². The van der Waals surface area contributed by atoms with Crippen molar-refractivity contribution in [2.75, 3.05) is 0 Å². The first kappa shape index (κ1) is 19.0. The molecule has 0 radical (unpaired) electrons. The highest BCUT2D eigenvalue weighted by molar-refractivity contribution is 5.80.